The molecule has 0 aliphatic carbocycles. The van der Waals surface area contributed by atoms with Crippen molar-refractivity contribution in [2.75, 3.05) is 6.61 Å². The summed E-state index contributed by atoms with van der Waals surface area (Å²) in [5, 5.41) is 8.61. The van der Waals surface area contributed by atoms with E-state index in [1.807, 2.05) is 0 Å². The zero-order valence-corrected chi connectivity index (χ0v) is 14.7. The molecule has 0 rings (SSSR count). The van der Waals surface area contributed by atoms with Crippen LogP contribution in [0.1, 0.15) is 84.0 Å². The van der Waals surface area contributed by atoms with E-state index in [1.54, 1.807) is 0 Å². The Balaban J connectivity index is 0. The van der Waals surface area contributed by atoms with Crippen LogP contribution in [0.4, 0.5) is 0 Å². The minimum absolute atomic E-state index is 0. The molecule has 96 valence electrons. The van der Waals surface area contributed by atoms with Crippen LogP contribution in [0.25, 0.3) is 0 Å². The van der Waals surface area contributed by atoms with Crippen LogP contribution >= 0.6 is 0 Å². The molecule has 1 N–H and O–H groups in total. The number of rotatable bonds is 12. The molecule has 0 aliphatic heterocycles. The SMILES string of the molecule is CCCCCCCCCCCCCCO.[Hf]. The van der Waals surface area contributed by atoms with E-state index < -0.39 is 0 Å². The molecule has 0 aliphatic rings. The molecule has 0 aromatic rings. The van der Waals surface area contributed by atoms with Gasteiger partial charge in [0.2, 0.25) is 0 Å². The zero-order valence-electron chi connectivity index (χ0n) is 11.1. The Hall–Kier alpha value is 0.830. The molecule has 0 saturated heterocycles. The van der Waals surface area contributed by atoms with Gasteiger partial charge in [-0.25, -0.2) is 0 Å². The predicted molar refractivity (Wildman–Crippen MR) is 68.2 cm³/mol. The predicted octanol–water partition coefficient (Wildman–Crippen LogP) is 4.68. The van der Waals surface area contributed by atoms with E-state index in [2.05, 4.69) is 6.92 Å². The van der Waals surface area contributed by atoms with Crippen molar-refractivity contribution in [2.45, 2.75) is 84.0 Å². The van der Waals surface area contributed by atoms with Crippen molar-refractivity contribution in [2.24, 2.45) is 0 Å². The second kappa shape index (κ2) is 18.2. The van der Waals surface area contributed by atoms with Gasteiger partial charge in [0.1, 0.15) is 0 Å². The maximum atomic E-state index is 8.61. The molecule has 0 bridgehead atoms. The van der Waals surface area contributed by atoms with Crippen molar-refractivity contribution in [3.05, 3.63) is 0 Å². The molecule has 0 spiro atoms. The molecule has 16 heavy (non-hydrogen) atoms. The largest absolute Gasteiger partial charge is 0.396 e. The zero-order chi connectivity index (χ0) is 11.2. The fourth-order valence-electron chi connectivity index (χ4n) is 1.95. The average molecular weight is 393 g/mol. The molecule has 0 aromatic heterocycles. The van der Waals surface area contributed by atoms with E-state index in [0.29, 0.717) is 6.61 Å². The van der Waals surface area contributed by atoms with Crippen LogP contribution in [0.2, 0.25) is 0 Å². The first kappa shape index (κ1) is 19.2. The summed E-state index contributed by atoms with van der Waals surface area (Å²) in [4.78, 5) is 0. The van der Waals surface area contributed by atoms with Crippen molar-refractivity contribution in [3.63, 3.8) is 0 Å². The van der Waals surface area contributed by atoms with Crippen molar-refractivity contribution in [1.29, 1.82) is 0 Å². The molecular formula is C14H30HfO. The third kappa shape index (κ3) is 17.2. The van der Waals surface area contributed by atoms with Gasteiger partial charge in [0, 0.05) is 32.5 Å². The maximum Gasteiger partial charge on any atom is 0.0431 e. The van der Waals surface area contributed by atoms with Gasteiger partial charge in [0.25, 0.3) is 0 Å². The molecule has 0 amide bonds. The third-order valence-electron chi connectivity index (χ3n) is 3.01. The van der Waals surface area contributed by atoms with Crippen LogP contribution in [0.5, 0.6) is 0 Å². The summed E-state index contributed by atoms with van der Waals surface area (Å²) < 4.78 is 0. The summed E-state index contributed by atoms with van der Waals surface area (Å²) in [6, 6.07) is 0. The minimum atomic E-state index is 0. The first-order chi connectivity index (χ1) is 7.41. The second-order valence-electron chi connectivity index (χ2n) is 4.61. The summed E-state index contributed by atoms with van der Waals surface area (Å²) in [7, 11) is 0. The monoisotopic (exact) mass is 394 g/mol. The number of aliphatic hydroxyl groups is 1. The van der Waals surface area contributed by atoms with Crippen molar-refractivity contribution in [1.82, 2.24) is 0 Å². The molecule has 0 fully saturated rings. The van der Waals surface area contributed by atoms with E-state index >= 15 is 0 Å². The van der Waals surface area contributed by atoms with Crippen LogP contribution in [0.3, 0.4) is 0 Å². The van der Waals surface area contributed by atoms with E-state index in [1.165, 1.54) is 70.6 Å². The van der Waals surface area contributed by atoms with Gasteiger partial charge >= 0.3 is 0 Å². The normalized spacial score (nSPS) is 10.1. The van der Waals surface area contributed by atoms with Crippen LogP contribution in [0.15, 0.2) is 0 Å². The Labute approximate surface area is 121 Å². The number of unbranched alkanes of at least 4 members (excludes halogenated alkanes) is 11. The molecule has 0 unspecified atom stereocenters. The molecule has 0 atom stereocenters. The van der Waals surface area contributed by atoms with E-state index in [9.17, 15) is 0 Å². The van der Waals surface area contributed by atoms with Crippen LogP contribution in [-0.2, 0) is 25.8 Å². The summed E-state index contributed by atoms with van der Waals surface area (Å²) >= 11 is 0. The molecule has 2 heteroatoms. The fraction of sp³-hybridized carbons (Fsp3) is 1.00. The summed E-state index contributed by atoms with van der Waals surface area (Å²) in [6.45, 7) is 2.64. The molecule has 0 heterocycles. The van der Waals surface area contributed by atoms with Gasteiger partial charge in [-0.15, -0.1) is 0 Å². The van der Waals surface area contributed by atoms with Crippen molar-refractivity contribution < 1.29 is 30.9 Å². The van der Waals surface area contributed by atoms with Gasteiger partial charge in [-0.2, -0.15) is 0 Å². The Kier molecular flexibility index (Phi) is 21.8. The van der Waals surface area contributed by atoms with E-state index in [4.69, 9.17) is 5.11 Å². The number of hydrogen-bond acceptors (Lipinski definition) is 1. The molecule has 0 radical (unpaired) electrons. The first-order valence-corrected chi connectivity index (χ1v) is 7.02. The maximum absolute atomic E-state index is 8.61. The molecule has 1 nitrogen and oxygen atoms in total. The fourth-order valence-corrected chi connectivity index (χ4v) is 1.95. The molecule has 0 saturated carbocycles. The van der Waals surface area contributed by atoms with Gasteiger partial charge in [-0.1, -0.05) is 77.6 Å². The van der Waals surface area contributed by atoms with Crippen LogP contribution in [0, 0.1) is 0 Å². The van der Waals surface area contributed by atoms with Crippen molar-refractivity contribution >= 4 is 0 Å². The van der Waals surface area contributed by atoms with Crippen LogP contribution < -0.4 is 0 Å². The summed E-state index contributed by atoms with van der Waals surface area (Å²) in [5.41, 5.74) is 0. The first-order valence-electron chi connectivity index (χ1n) is 7.02. The quantitative estimate of drug-likeness (QED) is 0.378. The van der Waals surface area contributed by atoms with Crippen molar-refractivity contribution in [3.8, 4) is 0 Å². The Morgan fingerprint density at radius 2 is 0.875 bits per heavy atom. The Bertz CT molecular complexity index is 94.9. The van der Waals surface area contributed by atoms with Gasteiger partial charge in [-0.3, -0.25) is 0 Å². The van der Waals surface area contributed by atoms with Crippen LogP contribution in [-0.4, -0.2) is 11.7 Å². The number of hydrogen-bond donors (Lipinski definition) is 1. The van der Waals surface area contributed by atoms with E-state index in [-0.39, 0.29) is 25.8 Å². The van der Waals surface area contributed by atoms with Gasteiger partial charge in [-0.05, 0) is 6.42 Å². The standard InChI is InChI=1S/C14H30O.Hf/c1-2-3-4-5-6-7-8-9-10-11-12-13-14-15;/h15H,2-14H2,1H3;. The second-order valence-corrected chi connectivity index (χ2v) is 4.61. The average Bonchev–Trinajstić information content (AvgIpc) is 2.26. The van der Waals surface area contributed by atoms with Gasteiger partial charge < -0.3 is 5.11 Å². The summed E-state index contributed by atoms with van der Waals surface area (Å²) in [6.07, 6.45) is 16.2. The smallest absolute Gasteiger partial charge is 0.0431 e. The van der Waals surface area contributed by atoms with Gasteiger partial charge in [0.15, 0.2) is 0 Å². The Morgan fingerprint density at radius 1 is 0.562 bits per heavy atom. The van der Waals surface area contributed by atoms with Gasteiger partial charge in [0.05, 0.1) is 0 Å². The van der Waals surface area contributed by atoms with E-state index in [0.717, 1.165) is 6.42 Å². The topological polar surface area (TPSA) is 20.2 Å². The summed E-state index contributed by atoms with van der Waals surface area (Å²) in [5.74, 6) is 0. The molecular weight excluding hydrogens is 363 g/mol. The number of aliphatic hydroxyl groups excluding tert-OH is 1. The molecule has 0 aromatic carbocycles. The third-order valence-corrected chi connectivity index (χ3v) is 3.01. The minimum Gasteiger partial charge on any atom is -0.396 e. The Morgan fingerprint density at radius 3 is 1.19 bits per heavy atom.